The molecule has 0 bridgehead atoms. The molecule has 1 N–H and O–H groups in total. The number of hydrogen-bond donors (Lipinski definition) is 1. The smallest absolute Gasteiger partial charge is 0.182 e. The molecule has 0 atom stereocenters. The van der Waals surface area contributed by atoms with Gasteiger partial charge in [-0.2, -0.15) is 0 Å². The third-order valence-electron chi connectivity index (χ3n) is 1.58. The molecule has 2 aromatic heterocycles. The molecule has 0 aliphatic carbocycles. The first kappa shape index (κ1) is 8.99. The van der Waals surface area contributed by atoms with Crippen LogP contribution in [-0.4, -0.2) is 12.0 Å². The zero-order valence-electron chi connectivity index (χ0n) is 6.87. The van der Waals surface area contributed by atoms with Crippen LogP contribution >= 0.6 is 34.3 Å². The highest BCUT2D eigenvalue weighted by molar-refractivity contribution is 7.15. The lowest BCUT2D eigenvalue weighted by molar-refractivity contribution is 1.37. The minimum atomic E-state index is 0.800. The Morgan fingerprint density at radius 3 is 2.77 bits per heavy atom. The van der Waals surface area contributed by atoms with Crippen LogP contribution in [0.4, 0.5) is 5.13 Å². The van der Waals surface area contributed by atoms with Gasteiger partial charge in [-0.25, -0.2) is 4.98 Å². The van der Waals surface area contributed by atoms with Crippen molar-refractivity contribution in [2.24, 2.45) is 0 Å². The molecule has 2 aromatic rings. The van der Waals surface area contributed by atoms with E-state index < -0.39 is 0 Å². The van der Waals surface area contributed by atoms with Crippen molar-refractivity contribution >= 4 is 39.4 Å². The summed E-state index contributed by atoms with van der Waals surface area (Å²) in [6.07, 6.45) is 0. The number of nitrogens with one attached hydrogen (secondary N) is 1. The van der Waals surface area contributed by atoms with E-state index in [0.717, 1.165) is 20.7 Å². The molecule has 0 aliphatic heterocycles. The monoisotopic (exact) mass is 230 g/mol. The zero-order chi connectivity index (χ0) is 9.26. The number of thiophene rings is 1. The van der Waals surface area contributed by atoms with Crippen LogP contribution in [0, 0.1) is 0 Å². The number of anilines is 1. The summed E-state index contributed by atoms with van der Waals surface area (Å²) >= 11 is 8.95. The number of halogens is 1. The van der Waals surface area contributed by atoms with Gasteiger partial charge in [0.2, 0.25) is 0 Å². The molecule has 0 aromatic carbocycles. The largest absolute Gasteiger partial charge is 0.365 e. The van der Waals surface area contributed by atoms with E-state index in [-0.39, 0.29) is 0 Å². The van der Waals surface area contributed by atoms with Crippen molar-refractivity contribution in [3.8, 4) is 11.3 Å². The second-order valence-corrected chi connectivity index (χ2v) is 4.83. The van der Waals surface area contributed by atoms with Crippen LogP contribution in [0.15, 0.2) is 16.8 Å². The van der Waals surface area contributed by atoms with Crippen LogP contribution in [0.25, 0.3) is 11.3 Å². The van der Waals surface area contributed by atoms with Gasteiger partial charge in [-0.15, -0.1) is 22.7 Å². The zero-order valence-corrected chi connectivity index (χ0v) is 9.26. The van der Waals surface area contributed by atoms with Gasteiger partial charge in [0.05, 0.1) is 10.0 Å². The predicted molar refractivity (Wildman–Crippen MR) is 60.0 cm³/mol. The summed E-state index contributed by atoms with van der Waals surface area (Å²) < 4.78 is 0.800. The minimum Gasteiger partial charge on any atom is -0.365 e. The van der Waals surface area contributed by atoms with Gasteiger partial charge in [-0.3, -0.25) is 0 Å². The van der Waals surface area contributed by atoms with Crippen molar-refractivity contribution in [3.05, 3.63) is 21.2 Å². The van der Waals surface area contributed by atoms with Gasteiger partial charge in [0.1, 0.15) is 0 Å². The standard InChI is InChI=1S/C8H7ClN2S2/c1-10-8-11-6(4-13-8)5-2-7(9)12-3-5/h2-4H,1H3,(H,10,11). The van der Waals surface area contributed by atoms with Gasteiger partial charge in [0.25, 0.3) is 0 Å². The molecule has 5 heteroatoms. The second-order valence-electron chi connectivity index (χ2n) is 2.43. The molecule has 2 heterocycles. The third-order valence-corrected chi connectivity index (χ3v) is 3.53. The minimum absolute atomic E-state index is 0.800. The van der Waals surface area contributed by atoms with Gasteiger partial charge in [-0.1, -0.05) is 11.6 Å². The highest BCUT2D eigenvalue weighted by Gasteiger charge is 2.04. The first-order valence-corrected chi connectivity index (χ1v) is 5.81. The number of hydrogen-bond acceptors (Lipinski definition) is 4. The van der Waals surface area contributed by atoms with Crippen LogP contribution in [0.1, 0.15) is 0 Å². The lowest BCUT2D eigenvalue weighted by atomic mass is 10.3. The molecule has 2 rings (SSSR count). The Labute approximate surface area is 89.2 Å². The highest BCUT2D eigenvalue weighted by atomic mass is 35.5. The van der Waals surface area contributed by atoms with Crippen molar-refractivity contribution in [2.75, 3.05) is 12.4 Å². The summed E-state index contributed by atoms with van der Waals surface area (Å²) in [4.78, 5) is 4.37. The van der Waals surface area contributed by atoms with E-state index in [2.05, 4.69) is 10.3 Å². The first-order valence-electron chi connectivity index (χ1n) is 3.67. The Hall–Kier alpha value is -0.580. The van der Waals surface area contributed by atoms with Gasteiger partial charge < -0.3 is 5.32 Å². The summed E-state index contributed by atoms with van der Waals surface area (Å²) in [6, 6.07) is 1.93. The Morgan fingerprint density at radius 2 is 2.23 bits per heavy atom. The molecule has 0 unspecified atom stereocenters. The van der Waals surface area contributed by atoms with E-state index in [1.807, 2.05) is 23.9 Å². The number of rotatable bonds is 2. The van der Waals surface area contributed by atoms with E-state index in [1.54, 1.807) is 11.3 Å². The summed E-state index contributed by atoms with van der Waals surface area (Å²) in [5.41, 5.74) is 2.07. The van der Waals surface area contributed by atoms with Crippen LogP contribution in [0.2, 0.25) is 4.34 Å². The lowest BCUT2D eigenvalue weighted by Crippen LogP contribution is -1.85. The second kappa shape index (κ2) is 3.65. The van der Waals surface area contributed by atoms with Gasteiger partial charge in [0, 0.05) is 23.4 Å². The molecule has 13 heavy (non-hydrogen) atoms. The van der Waals surface area contributed by atoms with Crippen molar-refractivity contribution in [1.29, 1.82) is 0 Å². The van der Waals surface area contributed by atoms with Gasteiger partial charge in [0.15, 0.2) is 5.13 Å². The maximum atomic E-state index is 5.83. The molecule has 0 saturated heterocycles. The lowest BCUT2D eigenvalue weighted by Gasteiger charge is -1.89. The average Bonchev–Trinajstić information content (AvgIpc) is 2.71. The molecule has 68 valence electrons. The highest BCUT2D eigenvalue weighted by Crippen LogP contribution is 2.30. The molecule has 0 spiro atoms. The fourth-order valence-corrected chi connectivity index (χ4v) is 2.52. The third kappa shape index (κ3) is 1.85. The fourth-order valence-electron chi connectivity index (χ4n) is 0.966. The molecular weight excluding hydrogens is 224 g/mol. The number of aromatic nitrogens is 1. The molecule has 0 amide bonds. The number of nitrogens with zero attached hydrogens (tertiary/aromatic N) is 1. The predicted octanol–water partition coefficient (Wildman–Crippen LogP) is 3.57. The van der Waals surface area contributed by atoms with E-state index >= 15 is 0 Å². The Morgan fingerprint density at radius 1 is 1.38 bits per heavy atom. The Bertz CT molecular complexity index is 408. The molecular formula is C8H7ClN2S2. The van der Waals surface area contributed by atoms with Crippen molar-refractivity contribution in [1.82, 2.24) is 4.98 Å². The molecule has 0 saturated carbocycles. The fraction of sp³-hybridized carbons (Fsp3) is 0.125. The first-order chi connectivity index (χ1) is 6.29. The SMILES string of the molecule is CNc1nc(-c2csc(Cl)c2)cs1. The van der Waals surface area contributed by atoms with Crippen LogP contribution in [-0.2, 0) is 0 Å². The van der Waals surface area contributed by atoms with Gasteiger partial charge >= 0.3 is 0 Å². The quantitative estimate of drug-likeness (QED) is 0.853. The van der Waals surface area contributed by atoms with Crippen LogP contribution in [0.5, 0.6) is 0 Å². The summed E-state index contributed by atoms with van der Waals surface area (Å²) in [7, 11) is 1.86. The summed E-state index contributed by atoms with van der Waals surface area (Å²) in [5.74, 6) is 0. The average molecular weight is 231 g/mol. The maximum absolute atomic E-state index is 5.83. The van der Waals surface area contributed by atoms with Crippen molar-refractivity contribution < 1.29 is 0 Å². The van der Waals surface area contributed by atoms with Crippen molar-refractivity contribution in [3.63, 3.8) is 0 Å². The van der Waals surface area contributed by atoms with E-state index in [1.165, 1.54) is 11.3 Å². The topological polar surface area (TPSA) is 24.9 Å². The maximum Gasteiger partial charge on any atom is 0.182 e. The van der Waals surface area contributed by atoms with E-state index in [9.17, 15) is 0 Å². The molecule has 0 fully saturated rings. The Balaban J connectivity index is 2.35. The summed E-state index contributed by atoms with van der Waals surface area (Å²) in [5, 5.41) is 7.96. The van der Waals surface area contributed by atoms with Crippen LogP contribution in [0.3, 0.4) is 0 Å². The van der Waals surface area contributed by atoms with E-state index in [0.29, 0.717) is 0 Å². The molecule has 0 aliphatic rings. The van der Waals surface area contributed by atoms with Crippen molar-refractivity contribution in [2.45, 2.75) is 0 Å². The Kier molecular flexibility index (Phi) is 2.53. The molecule has 2 nitrogen and oxygen atoms in total. The van der Waals surface area contributed by atoms with Crippen LogP contribution < -0.4 is 5.32 Å². The molecule has 0 radical (unpaired) electrons. The summed E-state index contributed by atoms with van der Waals surface area (Å²) in [6.45, 7) is 0. The van der Waals surface area contributed by atoms with E-state index in [4.69, 9.17) is 11.6 Å². The number of thiazole rings is 1. The van der Waals surface area contributed by atoms with Gasteiger partial charge in [-0.05, 0) is 6.07 Å². The normalized spacial score (nSPS) is 10.3.